The predicted molar refractivity (Wildman–Crippen MR) is 73.5 cm³/mol. The Bertz CT molecular complexity index is 357. The van der Waals surface area contributed by atoms with E-state index in [1.54, 1.807) is 0 Å². The molecule has 0 saturated carbocycles. The molecule has 1 heterocycles. The van der Waals surface area contributed by atoms with E-state index < -0.39 is 0 Å². The molecule has 0 aliphatic rings. The van der Waals surface area contributed by atoms with Crippen molar-refractivity contribution in [2.24, 2.45) is 0 Å². The van der Waals surface area contributed by atoms with Gasteiger partial charge in [0, 0.05) is 12.8 Å². The highest BCUT2D eigenvalue weighted by atomic mass is 79.9. The van der Waals surface area contributed by atoms with E-state index in [0.717, 1.165) is 43.5 Å². The number of halogens is 1. The molecule has 0 spiro atoms. The molecule has 0 atom stereocenters. The summed E-state index contributed by atoms with van der Waals surface area (Å²) in [4.78, 5) is 11.9. The van der Waals surface area contributed by atoms with Crippen molar-refractivity contribution in [1.82, 2.24) is 20.6 Å². The van der Waals surface area contributed by atoms with Gasteiger partial charge in [-0.05, 0) is 27.2 Å². The maximum atomic E-state index is 11.9. The molecule has 0 aliphatic carbocycles. The highest BCUT2D eigenvalue weighted by Crippen LogP contribution is 2.09. The molecular formula is C13H26BrN5O. The molecule has 0 unspecified atom stereocenters. The van der Waals surface area contributed by atoms with Crippen LogP contribution in [0.2, 0.25) is 0 Å². The number of Topliss-reactive ketones (excluding diaryl/α,β-unsaturated/α-hetero) is 1. The zero-order valence-corrected chi connectivity index (χ0v) is 14.3. The van der Waals surface area contributed by atoms with E-state index in [0.29, 0.717) is 24.4 Å². The van der Waals surface area contributed by atoms with E-state index in [2.05, 4.69) is 41.4 Å². The number of rotatable bonds is 10. The number of quaternary nitrogens is 1. The lowest BCUT2D eigenvalue weighted by Gasteiger charge is -2.35. The van der Waals surface area contributed by atoms with Gasteiger partial charge in [0.25, 0.3) is 0 Å². The molecule has 1 rings (SSSR count). The number of hydrogen-bond donors (Lipinski definition) is 1. The third kappa shape index (κ3) is 6.09. The molecule has 20 heavy (non-hydrogen) atoms. The van der Waals surface area contributed by atoms with Gasteiger partial charge in [-0.1, -0.05) is 5.21 Å². The smallest absolute Gasteiger partial charge is 0.174 e. The first-order chi connectivity index (χ1) is 9.15. The van der Waals surface area contributed by atoms with Crippen LogP contribution in [0.15, 0.2) is 0 Å². The Morgan fingerprint density at radius 2 is 1.80 bits per heavy atom. The minimum Gasteiger partial charge on any atom is -1.00 e. The van der Waals surface area contributed by atoms with E-state index in [9.17, 15) is 4.79 Å². The van der Waals surface area contributed by atoms with Gasteiger partial charge >= 0.3 is 0 Å². The lowest BCUT2D eigenvalue weighted by Crippen LogP contribution is -3.00. The van der Waals surface area contributed by atoms with Crippen LogP contribution in [0.3, 0.4) is 0 Å². The lowest BCUT2D eigenvalue weighted by molar-refractivity contribution is -0.922. The van der Waals surface area contributed by atoms with Gasteiger partial charge in [0.05, 0.1) is 32.6 Å². The van der Waals surface area contributed by atoms with E-state index in [-0.39, 0.29) is 17.0 Å². The second-order valence-electron chi connectivity index (χ2n) is 4.98. The predicted octanol–water partition coefficient (Wildman–Crippen LogP) is -1.64. The fraction of sp³-hybridized carbons (Fsp3) is 0.846. The summed E-state index contributed by atoms with van der Waals surface area (Å²) < 4.78 is 1.04. The van der Waals surface area contributed by atoms with Gasteiger partial charge in [0.2, 0.25) is 0 Å². The number of aromatic nitrogens is 4. The first-order valence-electron chi connectivity index (χ1n) is 7.25. The maximum Gasteiger partial charge on any atom is 0.174 e. The van der Waals surface area contributed by atoms with Crippen molar-refractivity contribution < 1.29 is 26.3 Å². The Labute approximate surface area is 131 Å². The Morgan fingerprint density at radius 1 is 1.15 bits per heavy atom. The quantitative estimate of drug-likeness (QED) is 0.515. The molecule has 0 aliphatic heterocycles. The van der Waals surface area contributed by atoms with Crippen molar-refractivity contribution in [2.75, 3.05) is 26.2 Å². The minimum atomic E-state index is 0. The van der Waals surface area contributed by atoms with E-state index in [1.165, 1.54) is 0 Å². The molecular weight excluding hydrogens is 322 g/mol. The van der Waals surface area contributed by atoms with Gasteiger partial charge in [-0.15, -0.1) is 10.2 Å². The summed E-state index contributed by atoms with van der Waals surface area (Å²) in [6, 6.07) is 0. The molecule has 0 fully saturated rings. The van der Waals surface area contributed by atoms with Gasteiger partial charge in [0.15, 0.2) is 5.82 Å². The summed E-state index contributed by atoms with van der Waals surface area (Å²) in [7, 11) is 0. The highest BCUT2D eigenvalue weighted by Gasteiger charge is 2.21. The molecule has 1 N–H and O–H groups in total. The standard InChI is InChI=1S/C13H26N5O.BrH/c1-4-18(5-2,6-3)11-10-12(19)8-7-9-13-14-16-17-15-13;/h4-11H2,1-3H3,(H,14,15,16,17);1H/q+1;/p-1. The molecule has 1 aromatic rings. The molecule has 0 bridgehead atoms. The number of nitrogens with zero attached hydrogens (tertiary/aromatic N) is 4. The first-order valence-corrected chi connectivity index (χ1v) is 7.25. The summed E-state index contributed by atoms with van der Waals surface area (Å²) in [5.41, 5.74) is 0. The number of H-pyrrole nitrogens is 1. The molecule has 1 aromatic heterocycles. The van der Waals surface area contributed by atoms with Gasteiger partial charge in [-0.2, -0.15) is 5.21 Å². The van der Waals surface area contributed by atoms with Crippen LogP contribution < -0.4 is 17.0 Å². The number of carbonyl (C=O) groups is 1. The Morgan fingerprint density at radius 3 is 2.30 bits per heavy atom. The minimum absolute atomic E-state index is 0. The normalized spacial score (nSPS) is 11.2. The first kappa shape index (κ1) is 19.2. The summed E-state index contributed by atoms with van der Waals surface area (Å²) in [6.45, 7) is 10.9. The van der Waals surface area contributed by atoms with Crippen LogP contribution in [-0.4, -0.2) is 57.1 Å². The SMILES string of the molecule is CC[N+](CC)(CC)CCC(=O)CCCc1nn[nH]n1.[Br-]. The lowest BCUT2D eigenvalue weighted by atomic mass is 10.1. The van der Waals surface area contributed by atoms with Crippen molar-refractivity contribution in [3.63, 3.8) is 0 Å². The zero-order valence-electron chi connectivity index (χ0n) is 12.7. The summed E-state index contributed by atoms with van der Waals surface area (Å²) in [5, 5.41) is 13.7. The van der Waals surface area contributed by atoms with E-state index >= 15 is 0 Å². The summed E-state index contributed by atoms with van der Waals surface area (Å²) in [6.07, 6.45) is 2.83. The van der Waals surface area contributed by atoms with Gasteiger partial charge in [-0.3, -0.25) is 4.79 Å². The van der Waals surface area contributed by atoms with Crippen molar-refractivity contribution in [2.45, 2.75) is 46.5 Å². The van der Waals surface area contributed by atoms with Crippen LogP contribution in [0, 0.1) is 0 Å². The van der Waals surface area contributed by atoms with Gasteiger partial charge in [-0.25, -0.2) is 0 Å². The Hall–Kier alpha value is -0.820. The molecule has 0 aromatic carbocycles. The summed E-state index contributed by atoms with van der Waals surface area (Å²) in [5.74, 6) is 1.04. The number of aryl methyl sites for hydroxylation is 1. The maximum absolute atomic E-state index is 11.9. The van der Waals surface area contributed by atoms with Crippen LogP contribution in [0.5, 0.6) is 0 Å². The Balaban J connectivity index is 0.00000361. The molecule has 116 valence electrons. The summed E-state index contributed by atoms with van der Waals surface area (Å²) >= 11 is 0. The number of ketones is 1. The number of nitrogens with one attached hydrogen (secondary N) is 1. The van der Waals surface area contributed by atoms with E-state index in [4.69, 9.17) is 0 Å². The number of hydrogen-bond acceptors (Lipinski definition) is 4. The number of carbonyl (C=O) groups excluding carboxylic acids is 1. The third-order valence-electron chi connectivity index (χ3n) is 4.12. The largest absolute Gasteiger partial charge is 1.00 e. The number of tetrazole rings is 1. The van der Waals surface area contributed by atoms with Crippen LogP contribution in [0.1, 0.15) is 45.9 Å². The fourth-order valence-corrected chi connectivity index (χ4v) is 2.36. The van der Waals surface area contributed by atoms with Crippen molar-refractivity contribution >= 4 is 5.78 Å². The molecule has 0 saturated heterocycles. The van der Waals surface area contributed by atoms with Crippen LogP contribution in [0.25, 0.3) is 0 Å². The van der Waals surface area contributed by atoms with Crippen molar-refractivity contribution in [3.8, 4) is 0 Å². The fourth-order valence-electron chi connectivity index (χ4n) is 2.36. The highest BCUT2D eigenvalue weighted by molar-refractivity contribution is 5.78. The van der Waals surface area contributed by atoms with Crippen LogP contribution in [-0.2, 0) is 11.2 Å². The average Bonchev–Trinajstić information content (AvgIpc) is 2.94. The second-order valence-corrected chi connectivity index (χ2v) is 4.98. The van der Waals surface area contributed by atoms with Gasteiger partial charge < -0.3 is 21.5 Å². The molecule has 7 heteroatoms. The monoisotopic (exact) mass is 347 g/mol. The van der Waals surface area contributed by atoms with Crippen LogP contribution in [0.4, 0.5) is 0 Å². The Kier molecular flexibility index (Phi) is 9.58. The number of aromatic amines is 1. The molecule has 6 nitrogen and oxygen atoms in total. The van der Waals surface area contributed by atoms with Crippen LogP contribution >= 0.6 is 0 Å². The van der Waals surface area contributed by atoms with Crippen molar-refractivity contribution in [3.05, 3.63) is 5.82 Å². The van der Waals surface area contributed by atoms with Gasteiger partial charge in [0.1, 0.15) is 5.78 Å². The molecule has 0 radical (unpaired) electrons. The zero-order chi connectivity index (χ0) is 14.1. The second kappa shape index (κ2) is 9.99. The van der Waals surface area contributed by atoms with E-state index in [1.807, 2.05) is 0 Å². The average molecular weight is 348 g/mol. The third-order valence-corrected chi connectivity index (χ3v) is 4.12. The topological polar surface area (TPSA) is 71.5 Å². The molecule has 0 amide bonds. The van der Waals surface area contributed by atoms with Crippen molar-refractivity contribution in [1.29, 1.82) is 0 Å².